The van der Waals surface area contributed by atoms with Crippen LogP contribution < -0.4 is 37.2 Å². The van der Waals surface area contributed by atoms with Crippen LogP contribution in [0.4, 0.5) is 0 Å². The van der Waals surface area contributed by atoms with Crippen molar-refractivity contribution in [1.82, 2.24) is 37.2 Å². The number of nitrogens with one attached hydrogen (secondary N) is 7. The molecule has 6 amide bonds. The third-order valence-corrected chi connectivity index (χ3v) is 7.53. The molecule has 1 heterocycles. The fourth-order valence-electron chi connectivity index (χ4n) is 4.71. The first-order chi connectivity index (χ1) is 22.1. The number of hydrogen-bond donors (Lipinski definition) is 9. The lowest BCUT2D eigenvalue weighted by atomic mass is 10.0. The molecule has 16 nitrogen and oxygen atoms in total. The average molecular weight is 662 g/mol. The first-order valence-electron chi connectivity index (χ1n) is 15.6. The highest BCUT2D eigenvalue weighted by Gasteiger charge is 2.33. The molecule has 260 valence electrons. The summed E-state index contributed by atoms with van der Waals surface area (Å²) in [5, 5.41) is 37.1. The number of hydrogen-bond acceptors (Lipinski definition) is 9. The minimum atomic E-state index is -1.45. The van der Waals surface area contributed by atoms with Gasteiger partial charge in [-0.3, -0.25) is 33.6 Å². The van der Waals surface area contributed by atoms with Gasteiger partial charge in [-0.25, -0.2) is 0 Å². The van der Waals surface area contributed by atoms with Gasteiger partial charge in [0.15, 0.2) is 0 Å². The molecule has 1 aromatic rings. The van der Waals surface area contributed by atoms with Crippen LogP contribution in [0.2, 0.25) is 0 Å². The second-order valence-electron chi connectivity index (χ2n) is 11.9. The van der Waals surface area contributed by atoms with Gasteiger partial charge in [0.2, 0.25) is 35.4 Å². The molecule has 1 fully saturated rings. The number of amides is 6. The number of carbonyl (C=O) groups excluding carboxylic acids is 6. The van der Waals surface area contributed by atoms with Gasteiger partial charge in [-0.1, -0.05) is 44.2 Å². The highest BCUT2D eigenvalue weighted by Crippen LogP contribution is 2.08. The summed E-state index contributed by atoms with van der Waals surface area (Å²) in [7, 11) is 0. The molecule has 1 aromatic carbocycles. The van der Waals surface area contributed by atoms with Crippen molar-refractivity contribution in [2.45, 2.75) is 96.2 Å². The molecule has 0 aliphatic carbocycles. The Morgan fingerprint density at radius 2 is 1.40 bits per heavy atom. The molecule has 0 radical (unpaired) electrons. The Morgan fingerprint density at radius 3 is 1.96 bits per heavy atom. The molecular weight excluding hydrogens is 614 g/mol. The molecule has 9 N–H and O–H groups in total. The third-order valence-electron chi connectivity index (χ3n) is 7.53. The van der Waals surface area contributed by atoms with E-state index in [-0.39, 0.29) is 12.3 Å². The summed E-state index contributed by atoms with van der Waals surface area (Å²) in [5.41, 5.74) is 0.699. The Balaban J connectivity index is 2.03. The lowest BCUT2D eigenvalue weighted by Crippen LogP contribution is -2.60. The minimum absolute atomic E-state index is 0.0452. The zero-order valence-corrected chi connectivity index (χ0v) is 27.3. The second-order valence-corrected chi connectivity index (χ2v) is 11.9. The maximum Gasteiger partial charge on any atom is 0.325 e. The van der Waals surface area contributed by atoms with Crippen LogP contribution in [0, 0.1) is 5.92 Å². The number of carboxylic acid groups (broad SMARTS) is 1. The number of aliphatic carboxylic acids is 1. The van der Waals surface area contributed by atoms with Gasteiger partial charge in [0.05, 0.1) is 18.7 Å². The summed E-state index contributed by atoms with van der Waals surface area (Å²) in [5.74, 6) is -5.89. The predicted molar refractivity (Wildman–Crippen MR) is 169 cm³/mol. The molecule has 2 rings (SSSR count). The summed E-state index contributed by atoms with van der Waals surface area (Å²) >= 11 is 0. The zero-order chi connectivity index (χ0) is 35.3. The maximum atomic E-state index is 13.4. The molecule has 1 aliphatic heterocycles. The highest BCUT2D eigenvalue weighted by molar-refractivity contribution is 5.96. The van der Waals surface area contributed by atoms with E-state index >= 15 is 0 Å². The van der Waals surface area contributed by atoms with Gasteiger partial charge in [-0.2, -0.15) is 0 Å². The van der Waals surface area contributed by atoms with E-state index in [0.717, 1.165) is 6.42 Å². The Morgan fingerprint density at radius 1 is 0.787 bits per heavy atom. The van der Waals surface area contributed by atoms with Crippen LogP contribution in [0.25, 0.3) is 0 Å². The Bertz CT molecular complexity index is 1270. The normalized spacial score (nSPS) is 18.0. The molecule has 0 bridgehead atoms. The quantitative estimate of drug-likeness (QED) is 0.0863. The number of rotatable bonds is 17. The highest BCUT2D eigenvalue weighted by atomic mass is 16.4. The molecule has 0 unspecified atom stereocenters. The standard InChI is InChI=1S/C31H47N7O9/c1-16(2)24(29(44)36-22(14-20-10-7-6-8-11-20)28(43)35-18(4)31(46)47)38-26(41)17(3)34-30(45)25(19(5)39)37-23(40)15-33-27(42)21-12-9-13-32-21/h6-8,10-11,16-19,21-22,24-25,32,39H,9,12-15H2,1-5H3,(H,33,42)(H,34,45)(H,35,43)(H,36,44)(H,37,40)(H,38,41)(H,46,47)/t17-,18-,19+,21-,22-,24-,25-/m0/s1. The van der Waals surface area contributed by atoms with Gasteiger partial charge in [0.1, 0.15) is 30.2 Å². The van der Waals surface area contributed by atoms with Crippen molar-refractivity contribution in [2.24, 2.45) is 5.92 Å². The molecule has 0 saturated carbocycles. The van der Waals surface area contributed by atoms with Gasteiger partial charge in [0.25, 0.3) is 0 Å². The number of carboxylic acids is 1. The summed E-state index contributed by atoms with van der Waals surface area (Å²) in [6, 6.07) is 2.15. The first-order valence-corrected chi connectivity index (χ1v) is 15.6. The van der Waals surface area contributed by atoms with Gasteiger partial charge in [0, 0.05) is 6.42 Å². The lowest BCUT2D eigenvalue weighted by Gasteiger charge is -2.27. The monoisotopic (exact) mass is 661 g/mol. The summed E-state index contributed by atoms with van der Waals surface area (Å²) < 4.78 is 0. The second kappa shape index (κ2) is 18.5. The lowest BCUT2D eigenvalue weighted by molar-refractivity contribution is -0.141. The smallest absolute Gasteiger partial charge is 0.325 e. The Labute approximate surface area is 273 Å². The van der Waals surface area contributed by atoms with Crippen molar-refractivity contribution in [1.29, 1.82) is 0 Å². The molecule has 7 atom stereocenters. The van der Waals surface area contributed by atoms with E-state index in [1.54, 1.807) is 44.2 Å². The molecule has 47 heavy (non-hydrogen) atoms. The van der Waals surface area contributed by atoms with E-state index in [4.69, 9.17) is 0 Å². The van der Waals surface area contributed by atoms with Crippen LogP contribution in [0.3, 0.4) is 0 Å². The molecule has 1 saturated heterocycles. The molecule has 1 aliphatic rings. The molecular formula is C31H47N7O9. The fraction of sp³-hybridized carbons (Fsp3) is 0.581. The third kappa shape index (κ3) is 12.6. The Hall–Kier alpha value is -4.57. The largest absolute Gasteiger partial charge is 0.480 e. The van der Waals surface area contributed by atoms with E-state index in [1.807, 2.05) is 0 Å². The molecule has 0 aromatic heterocycles. The van der Waals surface area contributed by atoms with Crippen LogP contribution in [-0.2, 0) is 40.0 Å². The van der Waals surface area contributed by atoms with Crippen molar-refractivity contribution in [2.75, 3.05) is 13.1 Å². The van der Waals surface area contributed by atoms with E-state index < -0.39 is 90.3 Å². The number of aliphatic hydroxyl groups excluding tert-OH is 1. The van der Waals surface area contributed by atoms with Crippen LogP contribution >= 0.6 is 0 Å². The predicted octanol–water partition coefficient (Wildman–Crippen LogP) is -2.32. The molecule has 16 heteroatoms. The van der Waals surface area contributed by atoms with Gasteiger partial charge in [-0.15, -0.1) is 0 Å². The van der Waals surface area contributed by atoms with E-state index in [2.05, 4.69) is 37.2 Å². The number of benzene rings is 1. The summed E-state index contributed by atoms with van der Waals surface area (Å²) in [4.78, 5) is 88.3. The summed E-state index contributed by atoms with van der Waals surface area (Å²) in [6.07, 6.45) is 0.167. The van der Waals surface area contributed by atoms with Crippen LogP contribution in [0.5, 0.6) is 0 Å². The fourth-order valence-corrected chi connectivity index (χ4v) is 4.71. The van der Waals surface area contributed by atoms with Crippen molar-refractivity contribution in [3.63, 3.8) is 0 Å². The van der Waals surface area contributed by atoms with Crippen molar-refractivity contribution < 1.29 is 43.8 Å². The molecule has 0 spiro atoms. The number of carbonyl (C=O) groups is 7. The first kappa shape index (κ1) is 38.6. The van der Waals surface area contributed by atoms with Gasteiger partial charge >= 0.3 is 5.97 Å². The SMILES string of the molecule is CC(C)[C@H](NC(=O)[C@H](C)NC(=O)[C@@H](NC(=O)CNC(=O)[C@@H]1CCCN1)[C@@H](C)O)C(=O)N[C@@H](Cc1ccccc1)C(=O)N[C@@H](C)C(=O)O. The Kier molecular flexibility index (Phi) is 15.2. The summed E-state index contributed by atoms with van der Waals surface area (Å²) in [6.45, 7) is 7.50. The zero-order valence-electron chi connectivity index (χ0n) is 27.3. The van der Waals surface area contributed by atoms with Crippen molar-refractivity contribution >= 4 is 41.4 Å². The van der Waals surface area contributed by atoms with Gasteiger partial charge in [-0.05, 0) is 51.6 Å². The maximum absolute atomic E-state index is 13.4. The average Bonchev–Trinajstić information content (AvgIpc) is 3.56. The van der Waals surface area contributed by atoms with Crippen molar-refractivity contribution in [3.8, 4) is 0 Å². The van der Waals surface area contributed by atoms with Crippen LogP contribution in [-0.4, -0.2) is 107 Å². The number of aliphatic hydroxyl groups is 1. The van der Waals surface area contributed by atoms with Crippen LogP contribution in [0.1, 0.15) is 53.0 Å². The van der Waals surface area contributed by atoms with E-state index in [0.29, 0.717) is 18.5 Å². The van der Waals surface area contributed by atoms with Crippen molar-refractivity contribution in [3.05, 3.63) is 35.9 Å². The minimum Gasteiger partial charge on any atom is -0.480 e. The van der Waals surface area contributed by atoms with E-state index in [9.17, 15) is 43.8 Å². The van der Waals surface area contributed by atoms with Gasteiger partial charge < -0.3 is 47.4 Å². The topological polar surface area (TPSA) is 244 Å². The van der Waals surface area contributed by atoms with Crippen LogP contribution in [0.15, 0.2) is 30.3 Å². The van der Waals surface area contributed by atoms with E-state index in [1.165, 1.54) is 20.8 Å².